The largest absolute Gasteiger partial charge is 0.341 e. The Kier molecular flexibility index (Phi) is 1.90. The van der Waals surface area contributed by atoms with Gasteiger partial charge < -0.3 is 4.90 Å². The van der Waals surface area contributed by atoms with Crippen LogP contribution in [0.5, 0.6) is 0 Å². The second kappa shape index (κ2) is 2.73. The van der Waals surface area contributed by atoms with Gasteiger partial charge in [0.05, 0.1) is 0 Å². The molecule has 0 unspecified atom stereocenters. The van der Waals surface area contributed by atoms with Gasteiger partial charge in [-0.1, -0.05) is 20.8 Å². The van der Waals surface area contributed by atoms with Crippen molar-refractivity contribution >= 4 is 5.91 Å². The van der Waals surface area contributed by atoms with Crippen LogP contribution in [0, 0.1) is 17.3 Å². The summed E-state index contributed by atoms with van der Waals surface area (Å²) in [7, 11) is 0. The van der Waals surface area contributed by atoms with Crippen molar-refractivity contribution in [1.29, 1.82) is 0 Å². The second-order valence-corrected chi connectivity index (χ2v) is 5.36. The molecule has 1 spiro atoms. The summed E-state index contributed by atoms with van der Waals surface area (Å²) in [6.07, 6.45) is 2.68. The molecule has 74 valence electrons. The molecule has 2 heteroatoms. The van der Waals surface area contributed by atoms with Crippen molar-refractivity contribution in [3.05, 3.63) is 0 Å². The number of hydrogen-bond donors (Lipinski definition) is 0. The first kappa shape index (κ1) is 9.04. The molecule has 2 nitrogen and oxygen atoms in total. The molecule has 1 saturated carbocycles. The molecule has 2 aliphatic rings. The van der Waals surface area contributed by atoms with Crippen LogP contribution in [0.15, 0.2) is 0 Å². The van der Waals surface area contributed by atoms with Crippen LogP contribution in [-0.2, 0) is 4.79 Å². The first-order chi connectivity index (χ1) is 6.02. The fraction of sp³-hybridized carbons (Fsp3) is 0.909. The first-order valence-electron chi connectivity index (χ1n) is 5.31. The third-order valence-corrected chi connectivity index (χ3v) is 3.42. The molecule has 13 heavy (non-hydrogen) atoms. The minimum absolute atomic E-state index is 0.176. The fourth-order valence-electron chi connectivity index (χ4n) is 2.96. The number of amides is 1. The Bertz CT molecular complexity index is 220. The number of rotatable bonds is 1. The summed E-state index contributed by atoms with van der Waals surface area (Å²) >= 11 is 0. The van der Waals surface area contributed by atoms with Gasteiger partial charge in [0.1, 0.15) is 0 Å². The zero-order chi connectivity index (χ0) is 9.64. The Labute approximate surface area is 80.3 Å². The Hall–Kier alpha value is -0.530. The number of carbonyl (C=O) groups is 1. The monoisotopic (exact) mass is 181 g/mol. The van der Waals surface area contributed by atoms with E-state index in [1.165, 1.54) is 12.8 Å². The minimum Gasteiger partial charge on any atom is -0.341 e. The van der Waals surface area contributed by atoms with Crippen LogP contribution < -0.4 is 0 Å². The molecule has 0 radical (unpaired) electrons. The van der Waals surface area contributed by atoms with Crippen molar-refractivity contribution in [2.24, 2.45) is 17.3 Å². The van der Waals surface area contributed by atoms with Gasteiger partial charge in [-0.3, -0.25) is 4.79 Å². The van der Waals surface area contributed by atoms with Crippen molar-refractivity contribution in [3.63, 3.8) is 0 Å². The maximum Gasteiger partial charge on any atom is 0.225 e. The molecule has 0 aromatic heterocycles. The lowest BCUT2D eigenvalue weighted by molar-refractivity contribution is -0.157. The molecule has 1 amide bonds. The van der Waals surface area contributed by atoms with Crippen LogP contribution >= 0.6 is 0 Å². The highest BCUT2D eigenvalue weighted by Gasteiger charge is 2.52. The van der Waals surface area contributed by atoms with Gasteiger partial charge in [-0.15, -0.1) is 0 Å². The van der Waals surface area contributed by atoms with E-state index in [9.17, 15) is 4.79 Å². The highest BCUT2D eigenvalue weighted by atomic mass is 16.2. The molecule has 2 fully saturated rings. The Balaban J connectivity index is 1.82. The summed E-state index contributed by atoms with van der Waals surface area (Å²) in [5, 5.41) is 0. The molecule has 0 aromatic rings. The maximum atomic E-state index is 11.6. The highest BCUT2D eigenvalue weighted by molar-refractivity contribution is 5.79. The molecule has 0 bridgehead atoms. The van der Waals surface area contributed by atoms with Crippen molar-refractivity contribution in [2.75, 3.05) is 13.1 Å². The van der Waals surface area contributed by atoms with Crippen LogP contribution in [-0.4, -0.2) is 23.9 Å². The lowest BCUT2D eigenvalue weighted by atomic mass is 9.58. The zero-order valence-electron chi connectivity index (χ0n) is 8.84. The average Bonchev–Trinajstić information content (AvgIpc) is 1.92. The van der Waals surface area contributed by atoms with Gasteiger partial charge in [0.15, 0.2) is 0 Å². The smallest absolute Gasteiger partial charge is 0.225 e. The van der Waals surface area contributed by atoms with Crippen LogP contribution in [0.25, 0.3) is 0 Å². The van der Waals surface area contributed by atoms with Gasteiger partial charge in [0, 0.05) is 24.4 Å². The maximum absolute atomic E-state index is 11.6. The molecular formula is C11H19NO. The topological polar surface area (TPSA) is 20.3 Å². The van der Waals surface area contributed by atoms with Crippen molar-refractivity contribution in [1.82, 2.24) is 4.90 Å². The summed E-state index contributed by atoms with van der Waals surface area (Å²) < 4.78 is 0. The van der Waals surface area contributed by atoms with E-state index in [1.54, 1.807) is 0 Å². The van der Waals surface area contributed by atoms with E-state index in [4.69, 9.17) is 0 Å². The number of hydrogen-bond acceptors (Lipinski definition) is 1. The molecular weight excluding hydrogens is 162 g/mol. The van der Waals surface area contributed by atoms with Crippen LogP contribution in [0.1, 0.15) is 33.6 Å². The van der Waals surface area contributed by atoms with E-state index in [0.29, 0.717) is 11.3 Å². The van der Waals surface area contributed by atoms with Crippen LogP contribution in [0.2, 0.25) is 0 Å². The van der Waals surface area contributed by atoms with Crippen LogP contribution in [0.4, 0.5) is 0 Å². The molecule has 1 saturated heterocycles. The van der Waals surface area contributed by atoms with Crippen molar-refractivity contribution in [2.45, 2.75) is 33.6 Å². The van der Waals surface area contributed by atoms with E-state index < -0.39 is 0 Å². The van der Waals surface area contributed by atoms with E-state index in [-0.39, 0.29) is 5.92 Å². The third kappa shape index (κ3) is 1.36. The Morgan fingerprint density at radius 3 is 2.31 bits per heavy atom. The van der Waals surface area contributed by atoms with Gasteiger partial charge in [-0.25, -0.2) is 0 Å². The first-order valence-corrected chi connectivity index (χ1v) is 5.31. The van der Waals surface area contributed by atoms with Crippen molar-refractivity contribution in [3.8, 4) is 0 Å². The molecule has 2 rings (SSSR count). The molecule has 1 aliphatic carbocycles. The lowest BCUT2D eigenvalue weighted by Crippen LogP contribution is -2.64. The number of carbonyl (C=O) groups excluding carboxylic acids is 1. The van der Waals surface area contributed by atoms with E-state index in [2.05, 4.69) is 6.92 Å². The third-order valence-electron chi connectivity index (χ3n) is 3.42. The van der Waals surface area contributed by atoms with Gasteiger partial charge in [-0.2, -0.15) is 0 Å². The van der Waals surface area contributed by atoms with Gasteiger partial charge in [0.2, 0.25) is 5.91 Å². The standard InChI is InChI=1S/C11H19NO/c1-8(2)10(13)12-6-11(7-12)4-9(3)5-11/h8-9H,4-7H2,1-3H3. The van der Waals surface area contributed by atoms with E-state index in [1.807, 2.05) is 18.7 Å². The fourth-order valence-corrected chi connectivity index (χ4v) is 2.96. The summed E-state index contributed by atoms with van der Waals surface area (Å²) in [5.41, 5.74) is 0.559. The Morgan fingerprint density at radius 2 is 1.92 bits per heavy atom. The molecule has 0 aromatic carbocycles. The number of likely N-dealkylation sites (tertiary alicyclic amines) is 1. The minimum atomic E-state index is 0.176. The summed E-state index contributed by atoms with van der Waals surface area (Å²) in [4.78, 5) is 13.6. The predicted molar refractivity (Wildman–Crippen MR) is 52.2 cm³/mol. The average molecular weight is 181 g/mol. The molecule has 1 heterocycles. The highest BCUT2D eigenvalue weighted by Crippen LogP contribution is 2.51. The van der Waals surface area contributed by atoms with E-state index >= 15 is 0 Å². The Morgan fingerprint density at radius 1 is 1.38 bits per heavy atom. The number of nitrogens with zero attached hydrogens (tertiary/aromatic N) is 1. The van der Waals surface area contributed by atoms with E-state index in [0.717, 1.165) is 19.0 Å². The lowest BCUT2D eigenvalue weighted by Gasteiger charge is -2.59. The van der Waals surface area contributed by atoms with Gasteiger partial charge >= 0.3 is 0 Å². The second-order valence-electron chi connectivity index (χ2n) is 5.36. The summed E-state index contributed by atoms with van der Waals surface area (Å²) in [5.74, 6) is 1.41. The van der Waals surface area contributed by atoms with Gasteiger partial charge in [0.25, 0.3) is 0 Å². The normalized spacial score (nSPS) is 26.0. The van der Waals surface area contributed by atoms with Gasteiger partial charge in [-0.05, 0) is 18.8 Å². The molecule has 0 N–H and O–H groups in total. The molecule has 1 aliphatic heterocycles. The van der Waals surface area contributed by atoms with Crippen molar-refractivity contribution < 1.29 is 4.79 Å². The SMILES string of the molecule is CC1CC2(C1)CN(C(=O)C(C)C)C2. The quantitative estimate of drug-likeness (QED) is 0.605. The summed E-state index contributed by atoms with van der Waals surface area (Å²) in [6, 6.07) is 0. The zero-order valence-corrected chi connectivity index (χ0v) is 8.84. The predicted octanol–water partition coefficient (Wildman–Crippen LogP) is 1.90. The summed E-state index contributed by atoms with van der Waals surface area (Å²) in [6.45, 7) is 8.34. The van der Waals surface area contributed by atoms with Crippen LogP contribution in [0.3, 0.4) is 0 Å². The molecule has 0 atom stereocenters.